The van der Waals surface area contributed by atoms with Gasteiger partial charge in [0.1, 0.15) is 11.6 Å². The van der Waals surface area contributed by atoms with E-state index in [1.807, 2.05) is 14.0 Å². The Morgan fingerprint density at radius 3 is 2.81 bits per heavy atom. The fourth-order valence-corrected chi connectivity index (χ4v) is 2.17. The molecule has 1 atom stereocenters. The smallest absolute Gasteiger partial charge is 0.240 e. The van der Waals surface area contributed by atoms with Gasteiger partial charge in [0.15, 0.2) is 10.4 Å². The second-order valence-electron chi connectivity index (χ2n) is 3.79. The lowest BCUT2D eigenvalue weighted by molar-refractivity contribution is -0.120. The quantitative estimate of drug-likeness (QED) is 0.760. The maximum absolute atomic E-state index is 11.2. The number of aromatic amines is 1. The largest absolute Gasteiger partial charge is 0.368 e. The number of carbonyl (C=O) groups excluding carboxylic acids is 1. The minimum atomic E-state index is -0.490. The van der Waals surface area contributed by atoms with Crippen LogP contribution in [0.15, 0.2) is 0 Å². The lowest BCUT2D eigenvalue weighted by Crippen LogP contribution is -2.24. The number of nitrogens with zero attached hydrogens (tertiary/aromatic N) is 3. The van der Waals surface area contributed by atoms with Crippen LogP contribution < -0.4 is 5.73 Å². The fraction of sp³-hybridized carbons (Fsp3) is 0.444. The lowest BCUT2D eigenvalue weighted by atomic mass is 10.3. The monoisotopic (exact) mass is 239 g/mol. The van der Waals surface area contributed by atoms with E-state index in [0.29, 0.717) is 4.77 Å². The van der Waals surface area contributed by atoms with E-state index in [2.05, 4.69) is 10.1 Å². The van der Waals surface area contributed by atoms with Crippen molar-refractivity contribution in [1.29, 1.82) is 0 Å². The molecule has 0 aromatic carbocycles. The average molecular weight is 239 g/mol. The van der Waals surface area contributed by atoms with Crippen molar-refractivity contribution < 1.29 is 4.79 Å². The molecule has 16 heavy (non-hydrogen) atoms. The lowest BCUT2D eigenvalue weighted by Gasteiger charge is -2.10. The second kappa shape index (κ2) is 3.44. The minimum absolute atomic E-state index is 0.421. The van der Waals surface area contributed by atoms with Crippen molar-refractivity contribution in [3.63, 3.8) is 0 Å². The van der Waals surface area contributed by atoms with Gasteiger partial charge in [-0.25, -0.2) is 0 Å². The first-order chi connectivity index (χ1) is 7.43. The summed E-state index contributed by atoms with van der Waals surface area (Å²) in [4.78, 5) is 14.3. The topological polar surface area (TPSA) is 81.6 Å². The third-order valence-corrected chi connectivity index (χ3v) is 2.97. The van der Waals surface area contributed by atoms with Gasteiger partial charge in [-0.3, -0.25) is 14.0 Å². The molecule has 2 rings (SSSR count). The molecule has 1 unspecified atom stereocenters. The van der Waals surface area contributed by atoms with Crippen LogP contribution in [0.2, 0.25) is 0 Å². The summed E-state index contributed by atoms with van der Waals surface area (Å²) in [5, 5.41) is 4.26. The highest BCUT2D eigenvalue weighted by Gasteiger charge is 2.19. The number of imidazole rings is 1. The van der Waals surface area contributed by atoms with Crippen molar-refractivity contribution in [1.82, 2.24) is 19.3 Å². The molecule has 0 aliphatic rings. The van der Waals surface area contributed by atoms with Gasteiger partial charge in [0.2, 0.25) is 5.91 Å². The summed E-state index contributed by atoms with van der Waals surface area (Å²) in [6.07, 6.45) is 0. The summed E-state index contributed by atoms with van der Waals surface area (Å²) in [6, 6.07) is -0.490. The summed E-state index contributed by atoms with van der Waals surface area (Å²) in [5.74, 6) is -0.421. The maximum atomic E-state index is 11.2. The van der Waals surface area contributed by atoms with Crippen LogP contribution >= 0.6 is 12.2 Å². The molecule has 2 aromatic rings. The normalized spacial score (nSPS) is 13.2. The van der Waals surface area contributed by atoms with Crippen LogP contribution in [-0.2, 0) is 11.8 Å². The molecule has 3 N–H and O–H groups in total. The van der Waals surface area contributed by atoms with E-state index in [1.54, 1.807) is 16.2 Å². The Kier molecular flexibility index (Phi) is 2.34. The third-order valence-electron chi connectivity index (χ3n) is 2.67. The Bertz CT molecular complexity index is 620. The van der Waals surface area contributed by atoms with Gasteiger partial charge in [-0.05, 0) is 26.1 Å². The Hall–Kier alpha value is -1.63. The zero-order chi connectivity index (χ0) is 12.0. The van der Waals surface area contributed by atoms with E-state index >= 15 is 0 Å². The van der Waals surface area contributed by atoms with Gasteiger partial charge >= 0.3 is 0 Å². The summed E-state index contributed by atoms with van der Waals surface area (Å²) in [6.45, 7) is 3.60. The van der Waals surface area contributed by atoms with Crippen LogP contribution in [0.3, 0.4) is 0 Å². The minimum Gasteiger partial charge on any atom is -0.368 e. The zero-order valence-corrected chi connectivity index (χ0v) is 10.1. The molecule has 7 heteroatoms. The van der Waals surface area contributed by atoms with Gasteiger partial charge in [-0.1, -0.05) is 0 Å². The van der Waals surface area contributed by atoms with Crippen molar-refractivity contribution in [2.75, 3.05) is 0 Å². The number of nitrogens with two attached hydrogens (primary N) is 1. The molecular weight excluding hydrogens is 226 g/mol. The Morgan fingerprint density at radius 1 is 1.62 bits per heavy atom. The molecule has 0 spiro atoms. The molecular formula is C9H13N5OS. The molecule has 0 saturated carbocycles. The molecule has 0 radical (unpaired) electrons. The van der Waals surface area contributed by atoms with Gasteiger partial charge in [0, 0.05) is 7.05 Å². The highest BCUT2D eigenvalue weighted by atomic mass is 32.1. The molecule has 0 saturated heterocycles. The average Bonchev–Trinajstić information content (AvgIpc) is 2.65. The third kappa shape index (κ3) is 1.35. The van der Waals surface area contributed by atoms with Crippen LogP contribution in [0.5, 0.6) is 0 Å². The summed E-state index contributed by atoms with van der Waals surface area (Å²) < 4.78 is 3.86. The number of fused-ring (bicyclic) bond motifs is 1. The van der Waals surface area contributed by atoms with Gasteiger partial charge in [-0.2, -0.15) is 5.10 Å². The Morgan fingerprint density at radius 2 is 2.25 bits per heavy atom. The summed E-state index contributed by atoms with van der Waals surface area (Å²) in [5.41, 5.74) is 7.77. The summed E-state index contributed by atoms with van der Waals surface area (Å²) >= 11 is 5.18. The maximum Gasteiger partial charge on any atom is 0.240 e. The summed E-state index contributed by atoms with van der Waals surface area (Å²) in [7, 11) is 1.81. The number of nitrogens with one attached hydrogen (secondary N) is 1. The number of amides is 1. The standard InChI is InChI=1S/C9H13N5OS/c1-4-6-8(13(3)12-4)14(9(16)11-6)5(2)7(10)15/h5H,1-3H3,(H2,10,15)(H,11,16). The molecule has 6 nitrogen and oxygen atoms in total. The molecule has 86 valence electrons. The van der Waals surface area contributed by atoms with Crippen LogP contribution in [0, 0.1) is 11.7 Å². The van der Waals surface area contributed by atoms with Crippen LogP contribution in [-0.4, -0.2) is 25.2 Å². The molecule has 1 amide bonds. The molecule has 0 aliphatic carbocycles. The van der Waals surface area contributed by atoms with Crippen LogP contribution in [0.4, 0.5) is 0 Å². The molecule has 0 bridgehead atoms. The van der Waals surface area contributed by atoms with Gasteiger partial charge in [0.25, 0.3) is 0 Å². The Labute approximate surface area is 97.0 Å². The number of rotatable bonds is 2. The van der Waals surface area contributed by atoms with Crippen LogP contribution in [0.1, 0.15) is 18.7 Å². The number of aromatic nitrogens is 4. The molecule has 2 aromatic heterocycles. The second-order valence-corrected chi connectivity index (χ2v) is 4.17. The number of H-pyrrole nitrogens is 1. The molecule has 0 fully saturated rings. The van der Waals surface area contributed by atoms with Crippen molar-refractivity contribution in [2.45, 2.75) is 19.9 Å². The zero-order valence-electron chi connectivity index (χ0n) is 9.31. The van der Waals surface area contributed by atoms with E-state index in [1.165, 1.54) is 0 Å². The first-order valence-corrected chi connectivity index (χ1v) is 5.27. The van der Waals surface area contributed by atoms with Crippen molar-refractivity contribution >= 4 is 29.3 Å². The predicted octanol–water partition coefficient (Wildman–Crippen LogP) is 0.787. The SMILES string of the molecule is Cc1nn(C)c2c1[nH]c(=S)n2C(C)C(N)=O. The van der Waals surface area contributed by atoms with Crippen molar-refractivity contribution in [3.05, 3.63) is 10.5 Å². The van der Waals surface area contributed by atoms with E-state index in [0.717, 1.165) is 16.9 Å². The van der Waals surface area contributed by atoms with Gasteiger partial charge in [-0.15, -0.1) is 0 Å². The van der Waals surface area contributed by atoms with E-state index in [4.69, 9.17) is 18.0 Å². The Balaban J connectivity index is 2.83. The molecule has 2 heterocycles. The van der Waals surface area contributed by atoms with E-state index in [9.17, 15) is 4.79 Å². The van der Waals surface area contributed by atoms with Crippen molar-refractivity contribution in [3.8, 4) is 0 Å². The number of aryl methyl sites for hydroxylation is 2. The first kappa shape index (κ1) is 10.9. The molecule has 0 aliphatic heterocycles. The van der Waals surface area contributed by atoms with Crippen LogP contribution in [0.25, 0.3) is 11.2 Å². The fourth-order valence-electron chi connectivity index (χ4n) is 1.82. The van der Waals surface area contributed by atoms with Gasteiger partial charge < -0.3 is 10.7 Å². The van der Waals surface area contributed by atoms with Gasteiger partial charge in [0.05, 0.1) is 5.69 Å². The highest BCUT2D eigenvalue weighted by molar-refractivity contribution is 7.71. The first-order valence-electron chi connectivity index (χ1n) is 4.86. The number of carbonyl (C=O) groups is 1. The predicted molar refractivity (Wildman–Crippen MR) is 62.5 cm³/mol. The number of primary amides is 1. The number of hydrogen-bond donors (Lipinski definition) is 2. The van der Waals surface area contributed by atoms with Crippen molar-refractivity contribution in [2.24, 2.45) is 12.8 Å². The van der Waals surface area contributed by atoms with E-state index in [-0.39, 0.29) is 0 Å². The highest BCUT2D eigenvalue weighted by Crippen LogP contribution is 2.20. The number of hydrogen-bond acceptors (Lipinski definition) is 3. The van der Waals surface area contributed by atoms with E-state index < -0.39 is 11.9 Å².